The Labute approximate surface area is 167 Å². The van der Waals surface area contributed by atoms with Crippen LogP contribution in [0, 0.1) is 0 Å². The Balaban J connectivity index is 1.50. The largest absolute Gasteiger partial charge is 0.446 e. The van der Waals surface area contributed by atoms with Crippen LogP contribution in [0.3, 0.4) is 0 Å². The lowest BCUT2D eigenvalue weighted by Gasteiger charge is -2.18. The highest BCUT2D eigenvalue weighted by Gasteiger charge is 2.40. The summed E-state index contributed by atoms with van der Waals surface area (Å²) < 4.78 is 19.9. The highest BCUT2D eigenvalue weighted by Crippen LogP contribution is 2.30. The standard InChI is InChI=1S/C17H16N6O7/c24-13-1-4-23(15(25)20-13)14-7-11(30-17(27)22-6-3-19-10-22)12(29-14)8-28-16(26)21-5-2-18-9-21/h1-6,9-12,14H,7-8H2,(H,20,24,25)/t11-,12+,14+/m0/s1. The highest BCUT2D eigenvalue weighted by atomic mass is 16.6. The molecule has 0 spiro atoms. The molecule has 0 unspecified atom stereocenters. The van der Waals surface area contributed by atoms with Gasteiger partial charge in [-0.3, -0.25) is 14.3 Å². The molecule has 4 rings (SSSR count). The number of nitrogens with one attached hydrogen (secondary N) is 1. The first-order chi connectivity index (χ1) is 14.5. The molecular formula is C17H16N6O7. The van der Waals surface area contributed by atoms with E-state index in [-0.39, 0.29) is 13.0 Å². The number of hydrogen-bond acceptors (Lipinski definition) is 9. The van der Waals surface area contributed by atoms with Gasteiger partial charge in [0.1, 0.15) is 37.7 Å². The number of aromatic amines is 1. The second-order valence-corrected chi connectivity index (χ2v) is 6.32. The van der Waals surface area contributed by atoms with E-state index >= 15 is 0 Å². The quantitative estimate of drug-likeness (QED) is 0.617. The average Bonchev–Trinajstić information content (AvgIpc) is 3.47. The number of aromatic nitrogens is 6. The number of imidazole rings is 2. The second-order valence-electron chi connectivity index (χ2n) is 6.32. The molecule has 0 amide bonds. The van der Waals surface area contributed by atoms with E-state index in [9.17, 15) is 19.2 Å². The summed E-state index contributed by atoms with van der Waals surface area (Å²) in [5.41, 5.74) is -1.23. The van der Waals surface area contributed by atoms with Gasteiger partial charge in [0.2, 0.25) is 0 Å². The van der Waals surface area contributed by atoms with Crippen molar-refractivity contribution in [2.24, 2.45) is 0 Å². The lowest BCUT2D eigenvalue weighted by molar-refractivity contribution is -0.0510. The van der Waals surface area contributed by atoms with Crippen LogP contribution < -0.4 is 11.2 Å². The lowest BCUT2D eigenvalue weighted by atomic mass is 10.2. The van der Waals surface area contributed by atoms with E-state index in [2.05, 4.69) is 15.0 Å². The molecule has 30 heavy (non-hydrogen) atoms. The molecule has 156 valence electrons. The third-order valence-corrected chi connectivity index (χ3v) is 4.40. The second kappa shape index (κ2) is 8.16. The monoisotopic (exact) mass is 416 g/mol. The van der Waals surface area contributed by atoms with Gasteiger partial charge in [-0.05, 0) is 0 Å². The molecule has 4 heterocycles. The maximum Gasteiger partial charge on any atom is 0.419 e. The fraction of sp³-hybridized carbons (Fsp3) is 0.294. The molecular weight excluding hydrogens is 400 g/mol. The van der Waals surface area contributed by atoms with E-state index in [0.29, 0.717) is 0 Å². The number of nitrogens with zero attached hydrogens (tertiary/aromatic N) is 5. The first-order valence-electron chi connectivity index (χ1n) is 8.82. The van der Waals surface area contributed by atoms with Gasteiger partial charge in [-0.15, -0.1) is 0 Å². The summed E-state index contributed by atoms with van der Waals surface area (Å²) in [6, 6.07) is 1.17. The Hall–Kier alpha value is -4.00. The van der Waals surface area contributed by atoms with Gasteiger partial charge in [0.25, 0.3) is 5.56 Å². The van der Waals surface area contributed by atoms with Crippen molar-refractivity contribution in [1.29, 1.82) is 0 Å². The number of hydrogen-bond donors (Lipinski definition) is 1. The maximum absolute atomic E-state index is 12.3. The molecule has 0 aromatic carbocycles. The van der Waals surface area contributed by atoms with E-state index < -0.39 is 41.9 Å². The fourth-order valence-electron chi connectivity index (χ4n) is 2.95. The van der Waals surface area contributed by atoms with Crippen LogP contribution in [0.5, 0.6) is 0 Å². The number of rotatable bonds is 4. The van der Waals surface area contributed by atoms with E-state index in [4.69, 9.17) is 14.2 Å². The predicted molar refractivity (Wildman–Crippen MR) is 96.7 cm³/mol. The van der Waals surface area contributed by atoms with Crippen LogP contribution in [0.2, 0.25) is 0 Å². The molecule has 1 N–H and O–H groups in total. The minimum atomic E-state index is -0.853. The van der Waals surface area contributed by atoms with Crippen LogP contribution in [-0.2, 0) is 14.2 Å². The molecule has 3 atom stereocenters. The summed E-state index contributed by atoms with van der Waals surface area (Å²) in [5.74, 6) is 0. The molecule has 1 saturated heterocycles. The van der Waals surface area contributed by atoms with Crippen molar-refractivity contribution in [3.05, 3.63) is 70.5 Å². The van der Waals surface area contributed by atoms with Crippen molar-refractivity contribution in [3.8, 4) is 0 Å². The summed E-state index contributed by atoms with van der Waals surface area (Å²) in [4.78, 5) is 57.4. The van der Waals surface area contributed by atoms with Crippen molar-refractivity contribution < 1.29 is 23.8 Å². The normalized spacial score (nSPS) is 20.7. The Kier molecular flexibility index (Phi) is 5.26. The van der Waals surface area contributed by atoms with Gasteiger partial charge in [0.05, 0.1) is 0 Å². The zero-order valence-electron chi connectivity index (χ0n) is 15.4. The Morgan fingerprint density at radius 2 is 1.80 bits per heavy atom. The van der Waals surface area contributed by atoms with Gasteiger partial charge in [-0.1, -0.05) is 0 Å². The van der Waals surface area contributed by atoms with Gasteiger partial charge < -0.3 is 14.2 Å². The van der Waals surface area contributed by atoms with E-state index in [1.807, 2.05) is 0 Å². The molecule has 1 aliphatic heterocycles. The van der Waals surface area contributed by atoms with Crippen LogP contribution in [0.25, 0.3) is 0 Å². The van der Waals surface area contributed by atoms with Crippen LogP contribution >= 0.6 is 0 Å². The minimum absolute atomic E-state index is 0.0969. The zero-order valence-corrected chi connectivity index (χ0v) is 15.4. The number of ether oxygens (including phenoxy) is 3. The molecule has 0 radical (unpaired) electrons. The van der Waals surface area contributed by atoms with Crippen molar-refractivity contribution in [2.45, 2.75) is 24.9 Å². The maximum atomic E-state index is 12.3. The highest BCUT2D eigenvalue weighted by molar-refractivity contribution is 5.70. The van der Waals surface area contributed by atoms with Crippen LogP contribution in [0.4, 0.5) is 9.59 Å². The molecule has 1 fully saturated rings. The van der Waals surface area contributed by atoms with Crippen LogP contribution in [0.1, 0.15) is 12.6 Å². The SMILES string of the molecule is O=C(OC[C@H]1O[C@@H](n2ccc(=O)[nH]c2=O)C[C@@H]1OC(=O)n1ccnc1)n1ccnc1. The van der Waals surface area contributed by atoms with Crippen molar-refractivity contribution in [2.75, 3.05) is 6.61 Å². The van der Waals surface area contributed by atoms with Gasteiger partial charge in [-0.2, -0.15) is 0 Å². The summed E-state index contributed by atoms with van der Waals surface area (Å²) in [5, 5.41) is 0. The number of carbonyl (C=O) groups is 2. The van der Waals surface area contributed by atoms with Crippen molar-refractivity contribution in [1.82, 2.24) is 28.7 Å². The molecule has 1 aliphatic rings. The Bertz CT molecular complexity index is 1130. The molecule has 0 aliphatic carbocycles. The smallest absolute Gasteiger partial charge is 0.419 e. The topological polar surface area (TPSA) is 152 Å². The van der Waals surface area contributed by atoms with Crippen LogP contribution in [-0.4, -0.2) is 59.7 Å². The molecule has 0 saturated carbocycles. The molecule has 13 heteroatoms. The molecule has 3 aromatic rings. The molecule has 0 bridgehead atoms. The summed E-state index contributed by atoms with van der Waals surface area (Å²) in [6.07, 6.45) is 5.66. The summed E-state index contributed by atoms with van der Waals surface area (Å²) in [7, 11) is 0. The minimum Gasteiger partial charge on any atom is -0.446 e. The fourth-order valence-corrected chi connectivity index (χ4v) is 2.95. The Morgan fingerprint density at radius 1 is 1.10 bits per heavy atom. The van der Waals surface area contributed by atoms with Gasteiger partial charge >= 0.3 is 17.9 Å². The number of carbonyl (C=O) groups excluding carboxylic acids is 2. The average molecular weight is 416 g/mol. The third kappa shape index (κ3) is 4.05. The molecule has 3 aromatic heterocycles. The first kappa shape index (κ1) is 19.3. The lowest BCUT2D eigenvalue weighted by Crippen LogP contribution is -2.33. The van der Waals surface area contributed by atoms with Crippen molar-refractivity contribution in [3.63, 3.8) is 0 Å². The van der Waals surface area contributed by atoms with Gasteiger partial charge in [0, 0.05) is 43.5 Å². The van der Waals surface area contributed by atoms with Gasteiger partial charge in [0.15, 0.2) is 0 Å². The number of H-pyrrole nitrogens is 1. The van der Waals surface area contributed by atoms with E-state index in [0.717, 1.165) is 13.7 Å². The van der Waals surface area contributed by atoms with Crippen molar-refractivity contribution >= 4 is 12.2 Å². The summed E-state index contributed by atoms with van der Waals surface area (Å²) in [6.45, 7) is -0.243. The first-order valence-corrected chi connectivity index (χ1v) is 8.82. The van der Waals surface area contributed by atoms with Gasteiger partial charge in [-0.25, -0.2) is 33.5 Å². The van der Waals surface area contributed by atoms with Crippen LogP contribution in [0.15, 0.2) is 59.3 Å². The van der Waals surface area contributed by atoms with E-state index in [1.54, 1.807) is 0 Å². The third-order valence-electron chi connectivity index (χ3n) is 4.40. The Morgan fingerprint density at radius 3 is 2.43 bits per heavy atom. The zero-order chi connectivity index (χ0) is 21.1. The predicted octanol–water partition coefficient (Wildman–Crippen LogP) is -0.0445. The summed E-state index contributed by atoms with van der Waals surface area (Å²) >= 11 is 0. The van der Waals surface area contributed by atoms with E-state index in [1.165, 1.54) is 49.7 Å². The molecule has 13 nitrogen and oxygen atoms in total.